The van der Waals surface area contributed by atoms with Crippen LogP contribution in [0.2, 0.25) is 0 Å². The fraction of sp³-hybridized carbons (Fsp3) is 0.692. The molecule has 1 heterocycles. The summed E-state index contributed by atoms with van der Waals surface area (Å²) in [5.74, 6) is 2.42. The van der Waals surface area contributed by atoms with E-state index < -0.39 is 11.1 Å². The molecule has 0 bridgehead atoms. The van der Waals surface area contributed by atoms with Crippen LogP contribution in [0.3, 0.4) is 0 Å². The lowest BCUT2D eigenvalue weighted by molar-refractivity contribution is 0.0238. The van der Waals surface area contributed by atoms with Crippen molar-refractivity contribution in [1.82, 2.24) is 9.97 Å². The maximum absolute atomic E-state index is 10.1. The molecule has 0 radical (unpaired) electrons. The Kier molecular flexibility index (Phi) is 2.97. The zero-order valence-corrected chi connectivity index (χ0v) is 11.5. The van der Waals surface area contributed by atoms with Crippen LogP contribution in [0.4, 0.5) is 11.6 Å². The molecule has 0 unspecified atom stereocenters. The minimum absolute atomic E-state index is 0.458. The molecule has 100 valence electrons. The third-order valence-corrected chi connectivity index (χ3v) is 3.68. The van der Waals surface area contributed by atoms with Gasteiger partial charge in [0, 0.05) is 12.0 Å². The van der Waals surface area contributed by atoms with E-state index in [1.165, 1.54) is 0 Å². The molecule has 0 aromatic carbocycles. The molecule has 4 N–H and O–H groups in total. The van der Waals surface area contributed by atoms with Gasteiger partial charge in [0.05, 0.1) is 11.1 Å². The summed E-state index contributed by atoms with van der Waals surface area (Å²) in [6.07, 6.45) is 2.27. The van der Waals surface area contributed by atoms with Gasteiger partial charge in [-0.1, -0.05) is 0 Å². The van der Waals surface area contributed by atoms with E-state index in [4.69, 9.17) is 5.73 Å². The van der Waals surface area contributed by atoms with E-state index in [0.717, 1.165) is 18.7 Å². The molecular formula is C13H22N4O. The average molecular weight is 250 g/mol. The van der Waals surface area contributed by atoms with Crippen molar-refractivity contribution in [2.45, 2.75) is 57.6 Å². The van der Waals surface area contributed by atoms with Crippen LogP contribution in [0, 0.1) is 0 Å². The lowest BCUT2D eigenvalue weighted by Gasteiger charge is -2.38. The van der Waals surface area contributed by atoms with Crippen LogP contribution in [-0.4, -0.2) is 26.2 Å². The standard InChI is InChI=1S/C13H22N4O/c1-12(2,13(3,4)18)17-10-7-9(14)15-11(16-10)8-5-6-8/h7-8,18H,5-6H2,1-4H3,(H3,14,15,16,17). The second kappa shape index (κ2) is 4.09. The molecule has 5 nitrogen and oxygen atoms in total. The maximum Gasteiger partial charge on any atom is 0.136 e. The normalized spacial score (nSPS) is 16.7. The van der Waals surface area contributed by atoms with Gasteiger partial charge < -0.3 is 16.2 Å². The van der Waals surface area contributed by atoms with Gasteiger partial charge in [-0.15, -0.1) is 0 Å². The van der Waals surface area contributed by atoms with E-state index in [0.29, 0.717) is 17.6 Å². The molecule has 1 fully saturated rings. The molecule has 1 aromatic heterocycles. The van der Waals surface area contributed by atoms with Crippen molar-refractivity contribution in [3.05, 3.63) is 11.9 Å². The van der Waals surface area contributed by atoms with E-state index in [-0.39, 0.29) is 0 Å². The number of nitrogens with one attached hydrogen (secondary N) is 1. The van der Waals surface area contributed by atoms with Crippen molar-refractivity contribution < 1.29 is 5.11 Å². The van der Waals surface area contributed by atoms with Crippen LogP contribution in [0.1, 0.15) is 52.3 Å². The predicted octanol–water partition coefficient (Wildman–Crippen LogP) is 1.90. The number of anilines is 2. The summed E-state index contributed by atoms with van der Waals surface area (Å²) in [6, 6.07) is 1.71. The summed E-state index contributed by atoms with van der Waals surface area (Å²) in [5, 5.41) is 13.4. The minimum atomic E-state index is -0.869. The number of hydrogen-bond acceptors (Lipinski definition) is 5. The van der Waals surface area contributed by atoms with Crippen LogP contribution in [0.5, 0.6) is 0 Å². The van der Waals surface area contributed by atoms with E-state index >= 15 is 0 Å². The van der Waals surface area contributed by atoms with Gasteiger partial charge in [0.15, 0.2) is 0 Å². The number of nitrogens with zero attached hydrogens (tertiary/aromatic N) is 2. The highest BCUT2D eigenvalue weighted by Crippen LogP contribution is 2.39. The van der Waals surface area contributed by atoms with E-state index in [1.807, 2.05) is 13.8 Å². The number of nitrogens with two attached hydrogens (primary N) is 1. The highest BCUT2D eigenvalue weighted by molar-refractivity contribution is 5.47. The van der Waals surface area contributed by atoms with Crippen LogP contribution < -0.4 is 11.1 Å². The first-order valence-electron chi connectivity index (χ1n) is 6.34. The number of aliphatic hydroxyl groups is 1. The molecule has 1 aliphatic rings. The first kappa shape index (κ1) is 13.1. The summed E-state index contributed by atoms with van der Waals surface area (Å²) in [5.41, 5.74) is 4.43. The fourth-order valence-electron chi connectivity index (χ4n) is 1.55. The second-order valence-corrected chi connectivity index (χ2v) is 6.12. The van der Waals surface area contributed by atoms with Gasteiger partial charge >= 0.3 is 0 Å². The third-order valence-electron chi connectivity index (χ3n) is 3.68. The van der Waals surface area contributed by atoms with Crippen molar-refractivity contribution in [2.24, 2.45) is 0 Å². The van der Waals surface area contributed by atoms with Crippen LogP contribution in [0.25, 0.3) is 0 Å². The molecule has 5 heteroatoms. The largest absolute Gasteiger partial charge is 0.388 e. The Balaban J connectivity index is 2.23. The Morgan fingerprint density at radius 3 is 2.39 bits per heavy atom. The van der Waals surface area contributed by atoms with E-state index in [1.54, 1.807) is 19.9 Å². The summed E-state index contributed by atoms with van der Waals surface area (Å²) < 4.78 is 0. The lowest BCUT2D eigenvalue weighted by atomic mass is 9.86. The fourth-order valence-corrected chi connectivity index (χ4v) is 1.55. The Morgan fingerprint density at radius 2 is 1.89 bits per heavy atom. The number of nitrogen functional groups attached to an aromatic ring is 1. The van der Waals surface area contributed by atoms with Gasteiger partial charge in [0.25, 0.3) is 0 Å². The number of rotatable bonds is 4. The summed E-state index contributed by atoms with van der Waals surface area (Å²) in [6.45, 7) is 7.41. The van der Waals surface area contributed by atoms with Crippen molar-refractivity contribution in [2.75, 3.05) is 11.1 Å². The quantitative estimate of drug-likeness (QED) is 0.760. The Morgan fingerprint density at radius 1 is 1.28 bits per heavy atom. The molecule has 1 aliphatic carbocycles. The number of aromatic nitrogens is 2. The van der Waals surface area contributed by atoms with Gasteiger partial charge in [0.1, 0.15) is 17.5 Å². The first-order valence-corrected chi connectivity index (χ1v) is 6.34. The molecule has 0 saturated heterocycles. The van der Waals surface area contributed by atoms with Crippen molar-refractivity contribution in [1.29, 1.82) is 0 Å². The highest BCUT2D eigenvalue weighted by atomic mass is 16.3. The molecule has 1 saturated carbocycles. The minimum Gasteiger partial charge on any atom is -0.388 e. The summed E-state index contributed by atoms with van der Waals surface area (Å²) in [4.78, 5) is 8.73. The highest BCUT2D eigenvalue weighted by Gasteiger charge is 2.35. The Labute approximate surface area is 108 Å². The topological polar surface area (TPSA) is 84.1 Å². The first-order chi connectivity index (χ1) is 8.19. The number of hydrogen-bond donors (Lipinski definition) is 3. The molecule has 18 heavy (non-hydrogen) atoms. The van der Waals surface area contributed by atoms with Crippen molar-refractivity contribution in [3.63, 3.8) is 0 Å². The van der Waals surface area contributed by atoms with E-state index in [2.05, 4.69) is 15.3 Å². The summed E-state index contributed by atoms with van der Waals surface area (Å²) >= 11 is 0. The second-order valence-electron chi connectivity index (χ2n) is 6.12. The molecule has 0 atom stereocenters. The smallest absolute Gasteiger partial charge is 0.136 e. The molecule has 2 rings (SSSR count). The van der Waals surface area contributed by atoms with Crippen LogP contribution in [-0.2, 0) is 0 Å². The van der Waals surface area contributed by atoms with Gasteiger partial charge in [-0.2, -0.15) is 0 Å². The van der Waals surface area contributed by atoms with Crippen molar-refractivity contribution in [3.8, 4) is 0 Å². The van der Waals surface area contributed by atoms with Crippen LogP contribution in [0.15, 0.2) is 6.07 Å². The zero-order chi connectivity index (χ0) is 13.6. The van der Waals surface area contributed by atoms with Crippen LogP contribution >= 0.6 is 0 Å². The van der Waals surface area contributed by atoms with Gasteiger partial charge in [-0.3, -0.25) is 0 Å². The summed E-state index contributed by atoms with van der Waals surface area (Å²) in [7, 11) is 0. The molecule has 0 spiro atoms. The molecular weight excluding hydrogens is 228 g/mol. The Hall–Kier alpha value is -1.36. The lowest BCUT2D eigenvalue weighted by Crippen LogP contribution is -2.51. The maximum atomic E-state index is 10.1. The third kappa shape index (κ3) is 2.72. The average Bonchev–Trinajstić information content (AvgIpc) is 2.96. The predicted molar refractivity (Wildman–Crippen MR) is 72.4 cm³/mol. The van der Waals surface area contributed by atoms with E-state index in [9.17, 15) is 5.11 Å². The van der Waals surface area contributed by atoms with Gasteiger partial charge in [0.2, 0.25) is 0 Å². The molecule has 1 aromatic rings. The van der Waals surface area contributed by atoms with Gasteiger partial charge in [-0.05, 0) is 40.5 Å². The SMILES string of the molecule is CC(C)(O)C(C)(C)Nc1cc(N)nc(C2CC2)n1. The Bertz CT molecular complexity index is 447. The monoisotopic (exact) mass is 250 g/mol. The molecule has 0 aliphatic heterocycles. The van der Waals surface area contributed by atoms with Gasteiger partial charge in [-0.25, -0.2) is 9.97 Å². The zero-order valence-electron chi connectivity index (χ0n) is 11.5. The van der Waals surface area contributed by atoms with Crippen molar-refractivity contribution >= 4 is 11.6 Å². The molecule has 0 amide bonds.